The lowest BCUT2D eigenvalue weighted by Crippen LogP contribution is -2.41. The Kier molecular flexibility index (Phi) is 6.26. The topological polar surface area (TPSA) is 93.5 Å². The quantitative estimate of drug-likeness (QED) is 0.617. The van der Waals surface area contributed by atoms with Crippen LogP contribution in [0.1, 0.15) is 36.2 Å². The van der Waals surface area contributed by atoms with Gasteiger partial charge >= 0.3 is 6.09 Å². The van der Waals surface area contributed by atoms with Gasteiger partial charge in [-0.3, -0.25) is 10.1 Å². The van der Waals surface area contributed by atoms with Crippen LogP contribution in [0.3, 0.4) is 0 Å². The highest BCUT2D eigenvalue weighted by Gasteiger charge is 2.27. The number of ether oxygens (including phenoxy) is 1. The maximum Gasteiger partial charge on any atom is 0.411 e. The Hall–Kier alpha value is -3.68. The maximum atomic E-state index is 13.0. The van der Waals surface area contributed by atoms with E-state index in [1.54, 1.807) is 6.07 Å². The van der Waals surface area contributed by atoms with E-state index in [4.69, 9.17) is 9.26 Å². The number of carbonyl (C=O) groups is 2. The minimum atomic E-state index is -0.604. The fraction of sp³-hybridized carbons (Fsp3) is 0.261. The number of carbonyl (C=O) groups excluding carboxylic acids is 2. The van der Waals surface area contributed by atoms with Gasteiger partial charge in [0.25, 0.3) is 5.91 Å². The molecule has 0 spiro atoms. The predicted octanol–water partition coefficient (Wildman–Crippen LogP) is 4.77. The SMILES string of the molecule is O=C(Nc1ccc(F)cc1)O[C@@H]1CCC[C@@H](NC(=O)c2cc(-c3ccccc3)on2)C1. The second-order valence-electron chi connectivity index (χ2n) is 7.44. The Balaban J connectivity index is 1.29. The number of nitrogens with zero attached hydrogens (tertiary/aromatic N) is 1. The summed E-state index contributed by atoms with van der Waals surface area (Å²) in [5, 5.41) is 9.39. The standard InChI is InChI=1S/C23H22FN3O4/c24-16-9-11-17(12-10-16)26-23(29)30-19-8-4-7-18(13-19)25-22(28)20-14-21(31-27-20)15-5-2-1-3-6-15/h1-3,5-6,9-12,14,18-19H,4,7-8,13H2,(H,25,28)(H,26,29)/t18-,19-/m1/s1. The van der Waals surface area contributed by atoms with Crippen molar-refractivity contribution in [2.24, 2.45) is 0 Å². The van der Waals surface area contributed by atoms with Crippen LogP contribution in [-0.2, 0) is 4.74 Å². The van der Waals surface area contributed by atoms with Gasteiger partial charge in [-0.15, -0.1) is 0 Å². The van der Waals surface area contributed by atoms with E-state index in [-0.39, 0.29) is 29.6 Å². The van der Waals surface area contributed by atoms with Crippen molar-refractivity contribution in [2.45, 2.75) is 37.8 Å². The van der Waals surface area contributed by atoms with Crippen LogP contribution in [-0.4, -0.2) is 29.3 Å². The van der Waals surface area contributed by atoms with Gasteiger partial charge in [-0.1, -0.05) is 35.5 Å². The second kappa shape index (κ2) is 9.42. The number of halogens is 1. The first-order valence-electron chi connectivity index (χ1n) is 10.1. The third-order valence-corrected chi connectivity index (χ3v) is 5.13. The number of hydrogen-bond donors (Lipinski definition) is 2. The molecule has 160 valence electrons. The van der Waals surface area contributed by atoms with Crippen LogP contribution in [0.5, 0.6) is 0 Å². The third kappa shape index (κ3) is 5.48. The zero-order valence-corrected chi connectivity index (χ0v) is 16.7. The summed E-state index contributed by atoms with van der Waals surface area (Å²) >= 11 is 0. The lowest BCUT2D eigenvalue weighted by atomic mass is 9.92. The molecule has 0 unspecified atom stereocenters. The van der Waals surface area contributed by atoms with E-state index in [9.17, 15) is 14.0 Å². The molecule has 8 heteroatoms. The molecule has 2 atom stereocenters. The first kappa shape index (κ1) is 20.6. The van der Waals surface area contributed by atoms with E-state index in [1.807, 2.05) is 30.3 Å². The van der Waals surface area contributed by atoms with Crippen LogP contribution >= 0.6 is 0 Å². The van der Waals surface area contributed by atoms with Crippen molar-refractivity contribution in [1.82, 2.24) is 10.5 Å². The molecule has 1 fully saturated rings. The van der Waals surface area contributed by atoms with E-state index >= 15 is 0 Å². The van der Waals surface area contributed by atoms with Crippen LogP contribution < -0.4 is 10.6 Å². The number of amides is 2. The molecule has 0 bridgehead atoms. The highest BCUT2D eigenvalue weighted by Crippen LogP contribution is 2.23. The largest absolute Gasteiger partial charge is 0.446 e. The van der Waals surface area contributed by atoms with Gasteiger partial charge in [-0.25, -0.2) is 9.18 Å². The maximum absolute atomic E-state index is 13.0. The summed E-state index contributed by atoms with van der Waals surface area (Å²) in [5.74, 6) is -0.187. The fourth-order valence-corrected chi connectivity index (χ4v) is 3.60. The molecule has 1 aliphatic rings. The van der Waals surface area contributed by atoms with E-state index < -0.39 is 6.09 Å². The minimum Gasteiger partial charge on any atom is -0.446 e. The van der Waals surface area contributed by atoms with Gasteiger partial charge in [0, 0.05) is 29.8 Å². The van der Waals surface area contributed by atoms with Gasteiger partial charge in [-0.05, 0) is 43.5 Å². The Morgan fingerprint density at radius 3 is 2.61 bits per heavy atom. The minimum absolute atomic E-state index is 0.137. The van der Waals surface area contributed by atoms with Crippen LogP contribution in [0.4, 0.5) is 14.9 Å². The van der Waals surface area contributed by atoms with Gasteiger partial charge in [0.15, 0.2) is 11.5 Å². The zero-order chi connectivity index (χ0) is 21.6. The molecule has 31 heavy (non-hydrogen) atoms. The predicted molar refractivity (Wildman–Crippen MR) is 112 cm³/mol. The van der Waals surface area contributed by atoms with Gasteiger partial charge in [0.2, 0.25) is 0 Å². The summed E-state index contributed by atoms with van der Waals surface area (Å²) in [5.41, 5.74) is 1.50. The molecule has 0 aliphatic heterocycles. The average Bonchev–Trinajstić information content (AvgIpc) is 3.27. The number of hydrogen-bond acceptors (Lipinski definition) is 5. The van der Waals surface area contributed by atoms with Crippen LogP contribution in [0.25, 0.3) is 11.3 Å². The number of benzene rings is 2. The summed E-state index contributed by atoms with van der Waals surface area (Å²) < 4.78 is 23.7. The van der Waals surface area contributed by atoms with Crippen LogP contribution in [0.2, 0.25) is 0 Å². The molecule has 2 amide bonds. The third-order valence-electron chi connectivity index (χ3n) is 5.13. The molecular formula is C23H22FN3O4. The lowest BCUT2D eigenvalue weighted by Gasteiger charge is -2.29. The molecule has 1 aliphatic carbocycles. The van der Waals surface area contributed by atoms with Crippen molar-refractivity contribution in [3.05, 3.63) is 72.2 Å². The average molecular weight is 423 g/mol. The molecule has 3 aromatic rings. The van der Waals surface area contributed by atoms with Crippen molar-refractivity contribution in [3.63, 3.8) is 0 Å². The fourth-order valence-electron chi connectivity index (χ4n) is 3.60. The monoisotopic (exact) mass is 423 g/mol. The molecule has 0 radical (unpaired) electrons. The van der Waals surface area contributed by atoms with Gasteiger partial charge in [-0.2, -0.15) is 0 Å². The zero-order valence-electron chi connectivity index (χ0n) is 16.7. The Morgan fingerprint density at radius 1 is 1.06 bits per heavy atom. The molecule has 1 saturated carbocycles. The molecule has 0 saturated heterocycles. The van der Waals surface area contributed by atoms with Gasteiger partial charge in [0.05, 0.1) is 0 Å². The van der Waals surface area contributed by atoms with Crippen LogP contribution in [0.15, 0.2) is 65.2 Å². The molecular weight excluding hydrogens is 401 g/mol. The van der Waals surface area contributed by atoms with Crippen molar-refractivity contribution in [3.8, 4) is 11.3 Å². The van der Waals surface area contributed by atoms with Crippen molar-refractivity contribution in [1.29, 1.82) is 0 Å². The highest BCUT2D eigenvalue weighted by atomic mass is 19.1. The first-order valence-corrected chi connectivity index (χ1v) is 10.1. The molecule has 2 aromatic carbocycles. The van der Waals surface area contributed by atoms with Crippen molar-refractivity contribution >= 4 is 17.7 Å². The number of aromatic nitrogens is 1. The van der Waals surface area contributed by atoms with E-state index in [0.29, 0.717) is 24.3 Å². The van der Waals surface area contributed by atoms with E-state index in [2.05, 4.69) is 15.8 Å². The lowest BCUT2D eigenvalue weighted by molar-refractivity contribution is 0.0709. The highest BCUT2D eigenvalue weighted by molar-refractivity contribution is 5.93. The van der Waals surface area contributed by atoms with Crippen molar-refractivity contribution < 1.29 is 23.2 Å². The molecule has 2 N–H and O–H groups in total. The van der Waals surface area contributed by atoms with Crippen LogP contribution in [0, 0.1) is 5.82 Å². The second-order valence-corrected chi connectivity index (χ2v) is 7.44. The van der Waals surface area contributed by atoms with Gasteiger partial charge < -0.3 is 14.6 Å². The Labute approximate surface area is 178 Å². The summed E-state index contributed by atoms with van der Waals surface area (Å²) in [4.78, 5) is 24.7. The summed E-state index contributed by atoms with van der Waals surface area (Å²) in [6, 6.07) is 16.3. The first-order chi connectivity index (χ1) is 15.1. The van der Waals surface area contributed by atoms with Gasteiger partial charge in [0.1, 0.15) is 11.9 Å². The number of nitrogens with one attached hydrogen (secondary N) is 2. The smallest absolute Gasteiger partial charge is 0.411 e. The summed E-state index contributed by atoms with van der Waals surface area (Å²) in [7, 11) is 0. The van der Waals surface area contributed by atoms with Crippen molar-refractivity contribution in [2.75, 3.05) is 5.32 Å². The summed E-state index contributed by atoms with van der Waals surface area (Å²) in [6.07, 6.45) is 1.89. The summed E-state index contributed by atoms with van der Waals surface area (Å²) in [6.45, 7) is 0. The molecule has 4 rings (SSSR count). The molecule has 1 heterocycles. The molecule has 1 aromatic heterocycles. The number of rotatable bonds is 5. The molecule has 7 nitrogen and oxygen atoms in total. The van der Waals surface area contributed by atoms with E-state index in [0.717, 1.165) is 18.4 Å². The van der Waals surface area contributed by atoms with E-state index in [1.165, 1.54) is 24.3 Å². The Morgan fingerprint density at radius 2 is 1.84 bits per heavy atom. The normalized spacial score (nSPS) is 18.2. The Bertz CT molecular complexity index is 1040. The number of anilines is 1.